The van der Waals surface area contributed by atoms with Crippen molar-refractivity contribution in [1.29, 1.82) is 0 Å². The summed E-state index contributed by atoms with van der Waals surface area (Å²) in [5, 5.41) is 3.69. The van der Waals surface area contributed by atoms with Crippen molar-refractivity contribution >= 4 is 17.3 Å². The zero-order valence-electron chi connectivity index (χ0n) is 25.9. The van der Waals surface area contributed by atoms with Gasteiger partial charge in [0.05, 0.1) is 5.69 Å². The average Bonchev–Trinajstić information content (AvgIpc) is 3.40. The Balaban J connectivity index is 0.000000950. The van der Waals surface area contributed by atoms with Gasteiger partial charge in [-0.3, -0.25) is 0 Å². The Kier molecular flexibility index (Phi) is 15.6. The maximum absolute atomic E-state index is 9.67. The molecule has 2 aliphatic rings. The van der Waals surface area contributed by atoms with E-state index >= 15 is 0 Å². The number of nitrogens with one attached hydrogen (secondary N) is 1. The van der Waals surface area contributed by atoms with Crippen molar-refractivity contribution in [3.05, 3.63) is 94.7 Å². The third kappa shape index (κ3) is 9.81. The minimum Gasteiger partial charge on any atom is -0.405 e. The third-order valence-corrected chi connectivity index (χ3v) is 6.67. The number of hydrogen-bond donors (Lipinski definition) is 2. The Hall–Kier alpha value is -3.52. The van der Waals surface area contributed by atoms with Crippen LogP contribution >= 0.6 is 0 Å². The molecule has 2 aliphatic heterocycles. The second-order valence-electron chi connectivity index (χ2n) is 9.19. The van der Waals surface area contributed by atoms with Crippen LogP contribution in [0.15, 0.2) is 71.9 Å². The summed E-state index contributed by atoms with van der Waals surface area (Å²) in [5.41, 5.74) is 15.1. The van der Waals surface area contributed by atoms with Crippen LogP contribution in [0, 0.1) is 6.92 Å². The number of halogens is 3. The molecular formula is C33H48F3N5. The van der Waals surface area contributed by atoms with Gasteiger partial charge in [0.25, 0.3) is 0 Å². The van der Waals surface area contributed by atoms with Gasteiger partial charge in [0.2, 0.25) is 5.96 Å². The van der Waals surface area contributed by atoms with Gasteiger partial charge in [-0.25, -0.2) is 4.99 Å². The fourth-order valence-electron chi connectivity index (χ4n) is 4.72. The van der Waals surface area contributed by atoms with Crippen molar-refractivity contribution in [3.8, 4) is 0 Å². The lowest BCUT2D eigenvalue weighted by atomic mass is 9.98. The van der Waals surface area contributed by atoms with Crippen LogP contribution in [-0.2, 0) is 19.6 Å². The number of benzene rings is 2. The van der Waals surface area contributed by atoms with E-state index in [9.17, 15) is 13.2 Å². The summed E-state index contributed by atoms with van der Waals surface area (Å²) in [6.07, 6.45) is 6.55. The third-order valence-electron chi connectivity index (χ3n) is 6.67. The van der Waals surface area contributed by atoms with E-state index in [1.54, 1.807) is 6.20 Å². The molecule has 5 nitrogen and oxygen atoms in total. The largest absolute Gasteiger partial charge is 0.405 e. The van der Waals surface area contributed by atoms with Gasteiger partial charge in [-0.2, -0.15) is 13.2 Å². The topological polar surface area (TPSA) is 56.9 Å². The van der Waals surface area contributed by atoms with Crippen molar-refractivity contribution in [2.24, 2.45) is 10.7 Å². The molecule has 0 amide bonds. The summed E-state index contributed by atoms with van der Waals surface area (Å²) in [5.74, 6) is 0.962. The molecule has 1 atom stereocenters. The first kappa shape index (κ1) is 35.5. The van der Waals surface area contributed by atoms with Crippen molar-refractivity contribution in [3.63, 3.8) is 0 Å². The van der Waals surface area contributed by atoms with Gasteiger partial charge in [0.1, 0.15) is 0 Å². The molecule has 2 aromatic rings. The molecule has 1 unspecified atom stereocenters. The van der Waals surface area contributed by atoms with Crippen molar-refractivity contribution in [2.75, 3.05) is 7.05 Å². The van der Waals surface area contributed by atoms with Crippen molar-refractivity contribution in [1.82, 2.24) is 15.1 Å². The standard InChI is InChI=1S/C28H35N5.2C2H6.CHF3/c1-6-22(12-9-13-29)20(3)30-16-25-14-19(2)15-26-21(4)32(5)28(31-27(25)26)33-17-23-10-7-8-11-24(23)18-33;2*1-2;2-1(3)4/h7-15,20,30H,4,6,16-18,29H2,1-3,5H3;2*1-2H3;1H/b13-9-,22-12-;;;. The molecule has 0 saturated carbocycles. The molecular weight excluding hydrogens is 523 g/mol. The average molecular weight is 572 g/mol. The molecule has 0 bridgehead atoms. The molecule has 8 heteroatoms. The SMILES string of the molecule is C=C1c2cc(C)cc(CNC(C)/C(=C\C=C/N)CC)c2N=C(N2Cc3ccccc3C2)N1C.CC.CC.FC(F)F. The van der Waals surface area contributed by atoms with E-state index in [2.05, 4.69) is 92.0 Å². The van der Waals surface area contributed by atoms with Crippen molar-refractivity contribution < 1.29 is 13.2 Å². The summed E-state index contributed by atoms with van der Waals surface area (Å²) >= 11 is 0. The van der Waals surface area contributed by atoms with Gasteiger partial charge in [-0.05, 0) is 60.9 Å². The predicted molar refractivity (Wildman–Crippen MR) is 169 cm³/mol. The van der Waals surface area contributed by atoms with Crippen LogP contribution in [0.25, 0.3) is 5.70 Å². The monoisotopic (exact) mass is 571 g/mol. The lowest BCUT2D eigenvalue weighted by molar-refractivity contribution is 0.00819. The van der Waals surface area contributed by atoms with E-state index in [-0.39, 0.29) is 6.04 Å². The Labute approximate surface area is 245 Å². The zero-order chi connectivity index (χ0) is 31.1. The van der Waals surface area contributed by atoms with Gasteiger partial charge in [-0.1, -0.05) is 83.2 Å². The lowest BCUT2D eigenvalue weighted by Gasteiger charge is -2.35. The fourth-order valence-corrected chi connectivity index (χ4v) is 4.72. The van der Waals surface area contributed by atoms with E-state index < -0.39 is 6.68 Å². The predicted octanol–water partition coefficient (Wildman–Crippen LogP) is 8.43. The van der Waals surface area contributed by atoms with Crippen LogP contribution in [0.2, 0.25) is 0 Å². The molecule has 2 aromatic carbocycles. The van der Waals surface area contributed by atoms with Crippen molar-refractivity contribution in [2.45, 2.75) is 87.2 Å². The number of aryl methyl sites for hydroxylation is 1. The molecule has 0 aromatic heterocycles. The number of aliphatic imine (C=N–C) groups is 1. The Morgan fingerprint density at radius 1 is 1.10 bits per heavy atom. The molecule has 0 radical (unpaired) electrons. The van der Waals surface area contributed by atoms with E-state index in [0.29, 0.717) is 0 Å². The number of rotatable bonds is 6. The van der Waals surface area contributed by atoms with Gasteiger partial charge < -0.3 is 20.9 Å². The first-order valence-electron chi connectivity index (χ1n) is 14.4. The highest BCUT2D eigenvalue weighted by Gasteiger charge is 2.30. The Morgan fingerprint density at radius 3 is 2.17 bits per heavy atom. The quantitative estimate of drug-likeness (QED) is 0.342. The second kappa shape index (κ2) is 18.0. The highest BCUT2D eigenvalue weighted by Crippen LogP contribution is 2.38. The number of nitrogens with two attached hydrogens (primary N) is 1. The molecule has 4 rings (SSSR count). The summed E-state index contributed by atoms with van der Waals surface area (Å²) in [7, 11) is 2.07. The maximum Gasteiger partial charge on any atom is 0.379 e. The molecule has 0 spiro atoms. The van der Waals surface area contributed by atoms with Crippen LogP contribution in [-0.4, -0.2) is 35.5 Å². The first-order chi connectivity index (χ1) is 19.7. The molecule has 2 heterocycles. The smallest absolute Gasteiger partial charge is 0.379 e. The highest BCUT2D eigenvalue weighted by atomic mass is 19.4. The van der Waals surface area contributed by atoms with Gasteiger partial charge in [0.15, 0.2) is 0 Å². The molecule has 0 saturated heterocycles. The summed E-state index contributed by atoms with van der Waals surface area (Å²) in [6.45, 7) is 17.8. The van der Waals surface area contributed by atoms with Crippen LogP contribution in [0.1, 0.15) is 75.8 Å². The zero-order valence-corrected chi connectivity index (χ0v) is 25.9. The number of alkyl halides is 3. The summed E-state index contributed by atoms with van der Waals surface area (Å²) < 4.78 is 29.0. The van der Waals surface area contributed by atoms with Crippen LogP contribution in [0.4, 0.5) is 18.9 Å². The summed E-state index contributed by atoms with van der Waals surface area (Å²) in [6, 6.07) is 13.3. The van der Waals surface area contributed by atoms with Crippen LogP contribution in [0.5, 0.6) is 0 Å². The normalized spacial score (nSPS) is 14.7. The first-order valence-corrected chi connectivity index (χ1v) is 14.4. The van der Waals surface area contributed by atoms with E-state index in [1.165, 1.54) is 27.8 Å². The Bertz CT molecular complexity index is 1180. The van der Waals surface area contributed by atoms with Crippen LogP contribution in [0.3, 0.4) is 0 Å². The maximum atomic E-state index is 9.67. The number of nitrogens with zero attached hydrogens (tertiary/aromatic N) is 3. The second-order valence-corrected chi connectivity index (χ2v) is 9.19. The van der Waals surface area contributed by atoms with Crippen LogP contribution < -0.4 is 11.1 Å². The number of guanidine groups is 1. The van der Waals surface area contributed by atoms with E-state index in [1.807, 2.05) is 33.8 Å². The Morgan fingerprint density at radius 2 is 1.66 bits per heavy atom. The highest BCUT2D eigenvalue weighted by molar-refractivity contribution is 5.97. The van der Waals surface area contributed by atoms with E-state index in [0.717, 1.165) is 49.0 Å². The van der Waals surface area contributed by atoms with E-state index in [4.69, 9.17) is 10.7 Å². The molecule has 41 heavy (non-hydrogen) atoms. The fraction of sp³-hybridized carbons (Fsp3) is 0.424. The molecule has 0 fully saturated rings. The minimum atomic E-state index is -3.67. The lowest BCUT2D eigenvalue weighted by Crippen LogP contribution is -2.40. The number of hydrogen-bond acceptors (Lipinski definition) is 5. The van der Waals surface area contributed by atoms with Gasteiger partial charge >= 0.3 is 6.68 Å². The molecule has 0 aliphatic carbocycles. The molecule has 226 valence electrons. The summed E-state index contributed by atoms with van der Waals surface area (Å²) in [4.78, 5) is 9.67. The van der Waals surface area contributed by atoms with Gasteiger partial charge in [-0.15, -0.1) is 0 Å². The number of fused-ring (bicyclic) bond motifs is 2. The number of allylic oxidation sites excluding steroid dienone is 2. The molecule has 3 N–H and O–H groups in total. The minimum absolute atomic E-state index is 0.244. The van der Waals surface area contributed by atoms with Gasteiger partial charge in [0, 0.05) is 44.0 Å².